The van der Waals surface area contributed by atoms with E-state index in [2.05, 4.69) is 57.1 Å². The van der Waals surface area contributed by atoms with E-state index in [9.17, 15) is 0 Å². The minimum absolute atomic E-state index is 0.153. The van der Waals surface area contributed by atoms with Crippen molar-refractivity contribution in [3.05, 3.63) is 23.3 Å². The van der Waals surface area contributed by atoms with Crippen LogP contribution in [-0.2, 0) is 0 Å². The van der Waals surface area contributed by atoms with Crippen LogP contribution in [0, 0.1) is 13.8 Å². The van der Waals surface area contributed by atoms with Crippen LogP contribution in [0.25, 0.3) is 0 Å². The molecule has 0 unspecified atom stereocenters. The van der Waals surface area contributed by atoms with Crippen molar-refractivity contribution in [2.75, 3.05) is 23.8 Å². The molecule has 0 spiro atoms. The average Bonchev–Trinajstić information content (AvgIpc) is 2.10. The summed E-state index contributed by atoms with van der Waals surface area (Å²) in [5, 5.41) is 3.63. The molecule has 0 aromatic heterocycles. The summed E-state index contributed by atoms with van der Waals surface area (Å²) in [7, 11) is 2.16. The van der Waals surface area contributed by atoms with Crippen LogP contribution in [0.5, 0.6) is 0 Å². The summed E-state index contributed by atoms with van der Waals surface area (Å²) in [6.07, 6.45) is 0. The topological polar surface area (TPSA) is 15.3 Å². The summed E-state index contributed by atoms with van der Waals surface area (Å²) in [4.78, 5) is 2.33. The van der Waals surface area contributed by atoms with Crippen molar-refractivity contribution in [2.24, 2.45) is 0 Å². The molecule has 0 amide bonds. The van der Waals surface area contributed by atoms with Crippen molar-refractivity contribution in [3.8, 4) is 0 Å². The molecule has 2 rings (SSSR count). The highest BCUT2D eigenvalue weighted by Crippen LogP contribution is 2.37. The Morgan fingerprint density at radius 2 is 1.93 bits per heavy atom. The molecule has 2 heteroatoms. The van der Waals surface area contributed by atoms with Gasteiger partial charge in [-0.2, -0.15) is 0 Å². The van der Waals surface area contributed by atoms with Crippen LogP contribution in [-0.4, -0.2) is 19.1 Å². The van der Waals surface area contributed by atoms with Crippen molar-refractivity contribution in [1.82, 2.24) is 0 Å². The molecule has 2 nitrogen and oxygen atoms in total. The first-order valence-corrected chi connectivity index (χ1v) is 5.50. The Hall–Kier alpha value is -1.18. The van der Waals surface area contributed by atoms with E-state index in [1.165, 1.54) is 22.5 Å². The fourth-order valence-corrected chi connectivity index (χ4v) is 2.33. The third-order valence-electron chi connectivity index (χ3n) is 3.22. The predicted molar refractivity (Wildman–Crippen MR) is 66.9 cm³/mol. The van der Waals surface area contributed by atoms with Gasteiger partial charge >= 0.3 is 0 Å². The summed E-state index contributed by atoms with van der Waals surface area (Å²) >= 11 is 0. The van der Waals surface area contributed by atoms with Crippen LogP contribution < -0.4 is 10.2 Å². The Morgan fingerprint density at radius 1 is 1.27 bits per heavy atom. The molecular weight excluding hydrogens is 184 g/mol. The number of hydrogen-bond donors (Lipinski definition) is 1. The number of nitrogens with zero attached hydrogens (tertiary/aromatic N) is 1. The predicted octanol–water partition coefficient (Wildman–Crippen LogP) is 2.94. The second-order valence-corrected chi connectivity index (χ2v) is 5.27. The number of nitrogens with one attached hydrogen (secondary N) is 1. The molecule has 0 fully saturated rings. The first-order valence-electron chi connectivity index (χ1n) is 5.50. The van der Waals surface area contributed by atoms with Crippen LogP contribution in [0.2, 0.25) is 0 Å². The number of aryl methyl sites for hydroxylation is 1. The Labute approximate surface area is 92.3 Å². The smallest absolute Gasteiger partial charge is 0.0615 e. The van der Waals surface area contributed by atoms with Crippen LogP contribution in [0.4, 0.5) is 11.4 Å². The maximum Gasteiger partial charge on any atom is 0.0615 e. The van der Waals surface area contributed by atoms with Gasteiger partial charge in [0.2, 0.25) is 0 Å². The van der Waals surface area contributed by atoms with Crippen LogP contribution in [0.15, 0.2) is 12.1 Å². The normalized spacial score (nSPS) is 18.3. The Morgan fingerprint density at radius 3 is 2.60 bits per heavy atom. The van der Waals surface area contributed by atoms with Gasteiger partial charge in [0.05, 0.1) is 11.4 Å². The number of hydrogen-bond acceptors (Lipinski definition) is 2. The number of anilines is 2. The second kappa shape index (κ2) is 3.16. The molecule has 0 aliphatic carbocycles. The van der Waals surface area contributed by atoms with Gasteiger partial charge in [-0.3, -0.25) is 0 Å². The number of benzene rings is 1. The quantitative estimate of drug-likeness (QED) is 0.699. The highest BCUT2D eigenvalue weighted by molar-refractivity contribution is 5.77. The average molecular weight is 204 g/mol. The van der Waals surface area contributed by atoms with E-state index < -0.39 is 0 Å². The number of likely N-dealkylation sites (N-methyl/N-ethyl adjacent to an activating group) is 1. The maximum absolute atomic E-state index is 3.63. The first-order chi connectivity index (χ1) is 6.91. The lowest BCUT2D eigenvalue weighted by Gasteiger charge is -2.41. The molecule has 1 aliphatic heterocycles. The van der Waals surface area contributed by atoms with Crippen molar-refractivity contribution in [2.45, 2.75) is 33.2 Å². The molecule has 1 aliphatic rings. The van der Waals surface area contributed by atoms with Gasteiger partial charge < -0.3 is 10.2 Å². The van der Waals surface area contributed by atoms with E-state index in [1.807, 2.05) is 0 Å². The SMILES string of the molecule is Cc1ccc2c(c1C)NC(C)(C)CN2C. The summed E-state index contributed by atoms with van der Waals surface area (Å²) < 4.78 is 0. The second-order valence-electron chi connectivity index (χ2n) is 5.27. The third-order valence-corrected chi connectivity index (χ3v) is 3.22. The lowest BCUT2D eigenvalue weighted by atomic mass is 9.96. The molecule has 15 heavy (non-hydrogen) atoms. The molecular formula is C13H20N2. The third kappa shape index (κ3) is 1.69. The highest BCUT2D eigenvalue weighted by Gasteiger charge is 2.28. The first kappa shape index (κ1) is 10.3. The molecule has 1 aromatic carbocycles. The summed E-state index contributed by atoms with van der Waals surface area (Å²) in [5.41, 5.74) is 5.49. The van der Waals surface area contributed by atoms with Crippen LogP contribution in [0.1, 0.15) is 25.0 Å². The Balaban J connectivity index is 2.56. The molecule has 1 N–H and O–H groups in total. The molecule has 0 saturated carbocycles. The molecule has 0 radical (unpaired) electrons. The Kier molecular flexibility index (Phi) is 2.18. The fourth-order valence-electron chi connectivity index (χ4n) is 2.33. The van der Waals surface area contributed by atoms with E-state index in [0.717, 1.165) is 6.54 Å². The zero-order valence-corrected chi connectivity index (χ0v) is 10.3. The van der Waals surface area contributed by atoms with E-state index >= 15 is 0 Å². The fraction of sp³-hybridized carbons (Fsp3) is 0.538. The zero-order chi connectivity index (χ0) is 11.2. The molecule has 0 bridgehead atoms. The van der Waals surface area contributed by atoms with Crippen molar-refractivity contribution < 1.29 is 0 Å². The van der Waals surface area contributed by atoms with Crippen molar-refractivity contribution in [1.29, 1.82) is 0 Å². The van der Waals surface area contributed by atoms with E-state index in [1.54, 1.807) is 0 Å². The summed E-state index contributed by atoms with van der Waals surface area (Å²) in [5.74, 6) is 0. The standard InChI is InChI=1S/C13H20N2/c1-9-6-7-11-12(10(9)2)14-13(3,4)8-15(11)5/h6-7,14H,8H2,1-5H3. The van der Waals surface area contributed by atoms with Gasteiger partial charge in [0.25, 0.3) is 0 Å². The van der Waals surface area contributed by atoms with E-state index in [0.29, 0.717) is 0 Å². The van der Waals surface area contributed by atoms with Crippen LogP contribution >= 0.6 is 0 Å². The van der Waals surface area contributed by atoms with Gasteiger partial charge in [-0.05, 0) is 44.9 Å². The maximum atomic E-state index is 3.63. The molecule has 1 aromatic rings. The Bertz CT molecular complexity index is 394. The number of rotatable bonds is 0. The lowest BCUT2D eigenvalue weighted by Crippen LogP contribution is -2.47. The van der Waals surface area contributed by atoms with Crippen molar-refractivity contribution in [3.63, 3.8) is 0 Å². The van der Waals surface area contributed by atoms with Gasteiger partial charge in [0, 0.05) is 19.1 Å². The summed E-state index contributed by atoms with van der Waals surface area (Å²) in [6, 6.07) is 4.41. The van der Waals surface area contributed by atoms with Gasteiger partial charge in [0.1, 0.15) is 0 Å². The lowest BCUT2D eigenvalue weighted by molar-refractivity contribution is 0.549. The molecule has 1 heterocycles. The highest BCUT2D eigenvalue weighted by atomic mass is 15.2. The van der Waals surface area contributed by atoms with Crippen LogP contribution in [0.3, 0.4) is 0 Å². The summed E-state index contributed by atoms with van der Waals surface area (Å²) in [6.45, 7) is 9.89. The molecule has 0 atom stereocenters. The minimum atomic E-state index is 0.153. The van der Waals surface area contributed by atoms with Gasteiger partial charge in [0.15, 0.2) is 0 Å². The zero-order valence-electron chi connectivity index (χ0n) is 10.3. The van der Waals surface area contributed by atoms with Gasteiger partial charge in [-0.15, -0.1) is 0 Å². The largest absolute Gasteiger partial charge is 0.376 e. The molecule has 82 valence electrons. The number of fused-ring (bicyclic) bond motifs is 1. The molecule has 0 saturated heterocycles. The van der Waals surface area contributed by atoms with E-state index in [4.69, 9.17) is 0 Å². The van der Waals surface area contributed by atoms with E-state index in [-0.39, 0.29) is 5.54 Å². The monoisotopic (exact) mass is 204 g/mol. The minimum Gasteiger partial charge on any atom is -0.376 e. The van der Waals surface area contributed by atoms with Crippen molar-refractivity contribution >= 4 is 11.4 Å². The van der Waals surface area contributed by atoms with Gasteiger partial charge in [-0.1, -0.05) is 6.07 Å². The van der Waals surface area contributed by atoms with Gasteiger partial charge in [-0.25, -0.2) is 0 Å².